The van der Waals surface area contributed by atoms with E-state index in [1.165, 1.54) is 0 Å². The number of aromatic nitrogens is 2. The highest BCUT2D eigenvalue weighted by Gasteiger charge is 2.20. The Labute approximate surface area is 95.1 Å². The molecular weight excluding hydrogens is 204 g/mol. The summed E-state index contributed by atoms with van der Waals surface area (Å²) >= 11 is 0. The van der Waals surface area contributed by atoms with Crippen LogP contribution in [-0.2, 0) is 0 Å². The molecule has 0 spiro atoms. The van der Waals surface area contributed by atoms with Crippen molar-refractivity contribution in [3.8, 4) is 6.07 Å². The first kappa shape index (κ1) is 12.4. The quantitative estimate of drug-likeness (QED) is 0.798. The topological polar surface area (TPSA) is 81.8 Å². The van der Waals surface area contributed by atoms with Crippen molar-refractivity contribution >= 4 is 5.82 Å². The summed E-state index contributed by atoms with van der Waals surface area (Å²) in [6.07, 6.45) is 0. The molecule has 1 rings (SSSR count). The lowest BCUT2D eigenvalue weighted by Crippen LogP contribution is -2.36. The molecule has 0 aliphatic heterocycles. The largest absolute Gasteiger partial charge is 0.394 e. The Hall–Kier alpha value is -1.67. The van der Waals surface area contributed by atoms with Crippen molar-refractivity contribution in [2.75, 3.05) is 11.9 Å². The predicted molar refractivity (Wildman–Crippen MR) is 61.0 cm³/mol. The average molecular weight is 220 g/mol. The van der Waals surface area contributed by atoms with Gasteiger partial charge < -0.3 is 10.4 Å². The summed E-state index contributed by atoms with van der Waals surface area (Å²) in [4.78, 5) is 0. The number of rotatable bonds is 3. The van der Waals surface area contributed by atoms with E-state index in [0.29, 0.717) is 11.4 Å². The molecule has 5 heteroatoms. The summed E-state index contributed by atoms with van der Waals surface area (Å²) in [6, 6.07) is 2.10. The summed E-state index contributed by atoms with van der Waals surface area (Å²) in [7, 11) is 0. The Kier molecular flexibility index (Phi) is 3.45. The van der Waals surface area contributed by atoms with Gasteiger partial charge in [-0.1, -0.05) is 0 Å². The Bertz CT molecular complexity index is 434. The van der Waals surface area contributed by atoms with Crippen molar-refractivity contribution in [1.82, 2.24) is 10.2 Å². The number of nitriles is 1. The van der Waals surface area contributed by atoms with E-state index < -0.39 is 5.54 Å². The van der Waals surface area contributed by atoms with Crippen LogP contribution in [0.1, 0.15) is 30.7 Å². The molecule has 5 nitrogen and oxygen atoms in total. The van der Waals surface area contributed by atoms with E-state index in [-0.39, 0.29) is 6.61 Å². The first-order chi connectivity index (χ1) is 7.41. The van der Waals surface area contributed by atoms with Crippen molar-refractivity contribution in [2.45, 2.75) is 33.2 Å². The number of aryl methyl sites for hydroxylation is 1. The Balaban J connectivity index is 3.17. The normalized spacial score (nSPS) is 11.0. The number of nitrogens with one attached hydrogen (secondary N) is 1. The molecule has 0 saturated heterocycles. The summed E-state index contributed by atoms with van der Waals surface area (Å²) in [5.41, 5.74) is 1.51. The number of aliphatic hydroxyl groups excluding tert-OH is 1. The van der Waals surface area contributed by atoms with E-state index in [1.807, 2.05) is 27.7 Å². The number of aliphatic hydroxyl groups is 1. The monoisotopic (exact) mass is 220 g/mol. The van der Waals surface area contributed by atoms with Gasteiger partial charge in [-0.25, -0.2) is 0 Å². The number of anilines is 1. The van der Waals surface area contributed by atoms with Crippen LogP contribution in [0.2, 0.25) is 0 Å². The van der Waals surface area contributed by atoms with Crippen LogP contribution in [0.15, 0.2) is 0 Å². The third-order valence-corrected chi connectivity index (χ3v) is 2.42. The first-order valence-electron chi connectivity index (χ1n) is 5.04. The molecule has 0 radical (unpaired) electrons. The molecule has 0 fully saturated rings. The summed E-state index contributed by atoms with van der Waals surface area (Å²) in [5, 5.41) is 29.1. The van der Waals surface area contributed by atoms with Crippen LogP contribution in [0.5, 0.6) is 0 Å². The molecule has 1 heterocycles. The minimum absolute atomic E-state index is 0.0491. The van der Waals surface area contributed by atoms with Gasteiger partial charge in [-0.15, -0.1) is 5.10 Å². The lowest BCUT2D eigenvalue weighted by atomic mass is 10.1. The number of nitrogens with zero attached hydrogens (tertiary/aromatic N) is 3. The van der Waals surface area contributed by atoms with Crippen molar-refractivity contribution in [3.63, 3.8) is 0 Å². The van der Waals surface area contributed by atoms with Gasteiger partial charge in [0.2, 0.25) is 0 Å². The minimum atomic E-state index is -0.526. The maximum Gasteiger partial charge on any atom is 0.167 e. The van der Waals surface area contributed by atoms with Crippen LogP contribution < -0.4 is 5.32 Å². The fraction of sp³-hybridized carbons (Fsp3) is 0.545. The highest BCUT2D eigenvalue weighted by Crippen LogP contribution is 2.20. The maximum absolute atomic E-state index is 9.15. The van der Waals surface area contributed by atoms with E-state index in [0.717, 1.165) is 11.3 Å². The van der Waals surface area contributed by atoms with Crippen molar-refractivity contribution < 1.29 is 5.11 Å². The lowest BCUT2D eigenvalue weighted by molar-refractivity contribution is 0.233. The molecule has 0 amide bonds. The molecule has 1 aromatic heterocycles. The Morgan fingerprint density at radius 3 is 2.50 bits per heavy atom. The van der Waals surface area contributed by atoms with Gasteiger partial charge in [0.05, 0.1) is 17.8 Å². The molecular formula is C11H16N4O. The Morgan fingerprint density at radius 1 is 1.38 bits per heavy atom. The van der Waals surface area contributed by atoms with Gasteiger partial charge in [0.15, 0.2) is 5.82 Å². The molecule has 2 N–H and O–H groups in total. The van der Waals surface area contributed by atoms with E-state index in [2.05, 4.69) is 21.6 Å². The van der Waals surface area contributed by atoms with Crippen LogP contribution in [0.3, 0.4) is 0 Å². The van der Waals surface area contributed by atoms with E-state index in [1.54, 1.807) is 0 Å². The highest BCUT2D eigenvalue weighted by molar-refractivity contribution is 5.56. The van der Waals surface area contributed by atoms with Gasteiger partial charge >= 0.3 is 0 Å². The maximum atomic E-state index is 9.15. The molecule has 16 heavy (non-hydrogen) atoms. The van der Waals surface area contributed by atoms with Gasteiger partial charge in [-0.05, 0) is 33.3 Å². The second-order valence-electron chi connectivity index (χ2n) is 4.41. The third kappa shape index (κ3) is 2.47. The molecule has 0 aliphatic carbocycles. The van der Waals surface area contributed by atoms with Gasteiger partial charge in [0.25, 0.3) is 0 Å². The number of hydrogen-bond acceptors (Lipinski definition) is 5. The van der Waals surface area contributed by atoms with Gasteiger partial charge in [0, 0.05) is 0 Å². The third-order valence-electron chi connectivity index (χ3n) is 2.42. The average Bonchev–Trinajstić information content (AvgIpc) is 2.24. The molecule has 0 aliphatic rings. The van der Waals surface area contributed by atoms with E-state index >= 15 is 0 Å². The van der Waals surface area contributed by atoms with Crippen molar-refractivity contribution in [3.05, 3.63) is 16.8 Å². The van der Waals surface area contributed by atoms with Crippen molar-refractivity contribution in [2.24, 2.45) is 0 Å². The lowest BCUT2D eigenvalue weighted by Gasteiger charge is -2.24. The van der Waals surface area contributed by atoms with E-state index in [4.69, 9.17) is 10.4 Å². The molecule has 0 aromatic carbocycles. The molecule has 1 aromatic rings. The first-order valence-corrected chi connectivity index (χ1v) is 5.04. The smallest absolute Gasteiger partial charge is 0.167 e. The predicted octanol–water partition coefficient (Wildman–Crippen LogP) is 1.15. The van der Waals surface area contributed by atoms with Crippen LogP contribution in [0, 0.1) is 25.2 Å². The molecule has 0 atom stereocenters. The standard InChI is InChI=1S/C11H16N4O/c1-7-8(2)14-15-10(9(7)5-12)13-11(3,4)6-16/h16H,6H2,1-4H3,(H,13,15). The van der Waals surface area contributed by atoms with E-state index in [9.17, 15) is 0 Å². The van der Waals surface area contributed by atoms with Crippen LogP contribution in [0.25, 0.3) is 0 Å². The van der Waals surface area contributed by atoms with Gasteiger partial charge in [0.1, 0.15) is 11.6 Å². The molecule has 86 valence electrons. The number of hydrogen-bond donors (Lipinski definition) is 2. The second kappa shape index (κ2) is 4.45. The molecule has 0 unspecified atom stereocenters. The molecule has 0 saturated carbocycles. The van der Waals surface area contributed by atoms with Crippen LogP contribution in [-0.4, -0.2) is 27.4 Å². The molecule has 0 bridgehead atoms. The Morgan fingerprint density at radius 2 is 2.00 bits per heavy atom. The fourth-order valence-electron chi connectivity index (χ4n) is 1.19. The zero-order chi connectivity index (χ0) is 12.3. The van der Waals surface area contributed by atoms with Crippen LogP contribution in [0.4, 0.5) is 5.82 Å². The zero-order valence-corrected chi connectivity index (χ0v) is 10.00. The fourth-order valence-corrected chi connectivity index (χ4v) is 1.19. The summed E-state index contributed by atoms with van der Waals surface area (Å²) in [5.74, 6) is 0.421. The second-order valence-corrected chi connectivity index (χ2v) is 4.41. The minimum Gasteiger partial charge on any atom is -0.394 e. The SMILES string of the molecule is Cc1nnc(NC(C)(C)CO)c(C#N)c1C. The van der Waals surface area contributed by atoms with Crippen molar-refractivity contribution in [1.29, 1.82) is 5.26 Å². The van der Waals surface area contributed by atoms with Crippen LogP contribution >= 0.6 is 0 Å². The zero-order valence-electron chi connectivity index (χ0n) is 10.00. The summed E-state index contributed by atoms with van der Waals surface area (Å²) < 4.78 is 0. The van der Waals surface area contributed by atoms with Gasteiger partial charge in [-0.3, -0.25) is 0 Å². The van der Waals surface area contributed by atoms with Gasteiger partial charge in [-0.2, -0.15) is 10.4 Å². The highest BCUT2D eigenvalue weighted by atomic mass is 16.3. The summed E-state index contributed by atoms with van der Waals surface area (Å²) in [6.45, 7) is 7.24.